The summed E-state index contributed by atoms with van der Waals surface area (Å²) in [5.74, 6) is 0. The molecule has 1 N–H and O–H groups in total. The fourth-order valence-corrected chi connectivity index (χ4v) is 2.80. The molecule has 2 aromatic rings. The van der Waals surface area contributed by atoms with Crippen molar-refractivity contribution < 1.29 is 8.42 Å². The highest BCUT2D eigenvalue weighted by Gasteiger charge is 2.15. The molecule has 2 rings (SSSR count). The van der Waals surface area contributed by atoms with Crippen molar-refractivity contribution in [2.24, 2.45) is 0 Å². The van der Waals surface area contributed by atoms with Gasteiger partial charge >= 0.3 is 0 Å². The van der Waals surface area contributed by atoms with Gasteiger partial charge < -0.3 is 0 Å². The number of sulfonamides is 1. The van der Waals surface area contributed by atoms with Crippen LogP contribution in [0.1, 0.15) is 18.9 Å². The summed E-state index contributed by atoms with van der Waals surface area (Å²) in [6.07, 6.45) is 7.28. The predicted octanol–water partition coefficient (Wildman–Crippen LogP) is 0.777. The van der Waals surface area contributed by atoms with Crippen molar-refractivity contribution in [2.45, 2.75) is 38.3 Å². The Kier molecular flexibility index (Phi) is 4.56. The second kappa shape index (κ2) is 6.19. The molecule has 20 heavy (non-hydrogen) atoms. The van der Waals surface area contributed by atoms with Crippen molar-refractivity contribution in [1.82, 2.24) is 24.3 Å². The lowest BCUT2D eigenvalue weighted by atomic mass is 10.4. The van der Waals surface area contributed by atoms with Crippen LogP contribution in [0, 0.1) is 6.92 Å². The van der Waals surface area contributed by atoms with Gasteiger partial charge in [-0.05, 0) is 25.8 Å². The van der Waals surface area contributed by atoms with Crippen LogP contribution in [0.5, 0.6) is 0 Å². The van der Waals surface area contributed by atoms with Gasteiger partial charge in [0.25, 0.3) is 0 Å². The molecule has 0 saturated heterocycles. The highest BCUT2D eigenvalue weighted by atomic mass is 32.2. The third-order valence-corrected chi connectivity index (χ3v) is 4.28. The standard InChI is InChI=1S/C12H19N5O2S/c1-3-16-10-12(8-14-16)20(18,19)15-5-4-6-17-9-11(2)7-13-17/h7-10,15H,3-6H2,1-2H3. The first kappa shape index (κ1) is 14.7. The fourth-order valence-electron chi connectivity index (χ4n) is 1.78. The van der Waals surface area contributed by atoms with E-state index in [9.17, 15) is 8.42 Å². The summed E-state index contributed by atoms with van der Waals surface area (Å²) < 4.78 is 29.9. The fraction of sp³-hybridized carbons (Fsp3) is 0.500. The molecule has 110 valence electrons. The highest BCUT2D eigenvalue weighted by molar-refractivity contribution is 7.89. The quantitative estimate of drug-likeness (QED) is 0.766. The summed E-state index contributed by atoms with van der Waals surface area (Å²) in [7, 11) is -3.46. The predicted molar refractivity (Wildman–Crippen MR) is 74.7 cm³/mol. The van der Waals surface area contributed by atoms with Crippen LogP contribution in [0.15, 0.2) is 29.7 Å². The van der Waals surface area contributed by atoms with E-state index < -0.39 is 10.0 Å². The van der Waals surface area contributed by atoms with Gasteiger partial charge in [-0.25, -0.2) is 13.1 Å². The number of nitrogens with one attached hydrogen (secondary N) is 1. The molecule has 0 spiro atoms. The number of hydrogen-bond acceptors (Lipinski definition) is 4. The van der Waals surface area contributed by atoms with Crippen LogP contribution in [0.2, 0.25) is 0 Å². The SMILES string of the molecule is CCn1cc(S(=O)(=O)NCCCn2cc(C)cn2)cn1. The van der Waals surface area contributed by atoms with Crippen molar-refractivity contribution in [3.05, 3.63) is 30.4 Å². The molecular weight excluding hydrogens is 278 g/mol. The second-order valence-electron chi connectivity index (χ2n) is 4.56. The third-order valence-electron chi connectivity index (χ3n) is 2.86. The molecule has 0 bridgehead atoms. The van der Waals surface area contributed by atoms with Crippen molar-refractivity contribution in [3.8, 4) is 0 Å². The molecule has 0 unspecified atom stereocenters. The molecular formula is C12H19N5O2S. The molecule has 2 heterocycles. The minimum Gasteiger partial charge on any atom is -0.272 e. The van der Waals surface area contributed by atoms with Gasteiger partial charge in [0, 0.05) is 32.0 Å². The Bertz CT molecular complexity index is 659. The maximum atomic E-state index is 12.0. The molecule has 0 aliphatic carbocycles. The number of aryl methyl sites for hydroxylation is 3. The topological polar surface area (TPSA) is 81.8 Å². The minimum atomic E-state index is -3.46. The average molecular weight is 297 g/mol. The summed E-state index contributed by atoms with van der Waals surface area (Å²) >= 11 is 0. The zero-order chi connectivity index (χ0) is 14.6. The van der Waals surface area contributed by atoms with Crippen LogP contribution in [-0.4, -0.2) is 34.5 Å². The molecule has 0 radical (unpaired) electrons. The summed E-state index contributed by atoms with van der Waals surface area (Å²) in [6, 6.07) is 0. The van der Waals surface area contributed by atoms with Gasteiger partial charge in [0.2, 0.25) is 10.0 Å². The van der Waals surface area contributed by atoms with Crippen LogP contribution in [0.3, 0.4) is 0 Å². The van der Waals surface area contributed by atoms with E-state index in [2.05, 4.69) is 14.9 Å². The first-order chi connectivity index (χ1) is 9.51. The minimum absolute atomic E-state index is 0.203. The van der Waals surface area contributed by atoms with Crippen LogP contribution in [0.4, 0.5) is 0 Å². The Hall–Kier alpha value is -1.67. The van der Waals surface area contributed by atoms with E-state index in [1.807, 2.05) is 20.0 Å². The molecule has 2 aromatic heterocycles. The van der Waals surface area contributed by atoms with Crippen LogP contribution in [0.25, 0.3) is 0 Å². The molecule has 8 heteroatoms. The highest BCUT2D eigenvalue weighted by Crippen LogP contribution is 2.06. The van der Waals surface area contributed by atoms with Gasteiger partial charge in [-0.1, -0.05) is 0 Å². The van der Waals surface area contributed by atoms with Gasteiger partial charge in [0.15, 0.2) is 0 Å². The molecule has 0 atom stereocenters. The number of hydrogen-bond donors (Lipinski definition) is 1. The van der Waals surface area contributed by atoms with Crippen LogP contribution >= 0.6 is 0 Å². The maximum Gasteiger partial charge on any atom is 0.243 e. The monoisotopic (exact) mass is 297 g/mol. The lowest BCUT2D eigenvalue weighted by Gasteiger charge is -2.04. The van der Waals surface area contributed by atoms with E-state index in [4.69, 9.17) is 0 Å². The van der Waals surface area contributed by atoms with Crippen LogP contribution < -0.4 is 4.72 Å². The Labute approximate surface area is 118 Å². The third kappa shape index (κ3) is 3.67. The normalized spacial score (nSPS) is 11.9. The Morgan fingerprint density at radius 1 is 1.20 bits per heavy atom. The van der Waals surface area contributed by atoms with Gasteiger partial charge in [-0.3, -0.25) is 9.36 Å². The average Bonchev–Trinajstić information content (AvgIpc) is 3.03. The first-order valence-corrected chi connectivity index (χ1v) is 8.01. The van der Waals surface area contributed by atoms with Gasteiger partial charge in [0.05, 0.1) is 12.4 Å². The summed E-state index contributed by atoms with van der Waals surface area (Å²) in [5.41, 5.74) is 1.09. The van der Waals surface area contributed by atoms with E-state index in [-0.39, 0.29) is 4.90 Å². The Morgan fingerprint density at radius 3 is 2.55 bits per heavy atom. The zero-order valence-corrected chi connectivity index (χ0v) is 12.5. The van der Waals surface area contributed by atoms with E-state index in [0.29, 0.717) is 26.1 Å². The maximum absolute atomic E-state index is 12.0. The molecule has 0 amide bonds. The molecule has 0 aromatic carbocycles. The van der Waals surface area contributed by atoms with Gasteiger partial charge in [-0.2, -0.15) is 10.2 Å². The largest absolute Gasteiger partial charge is 0.272 e. The van der Waals surface area contributed by atoms with Crippen molar-refractivity contribution in [2.75, 3.05) is 6.54 Å². The summed E-state index contributed by atoms with van der Waals surface area (Å²) in [5, 5.41) is 8.11. The van der Waals surface area contributed by atoms with Gasteiger partial charge in [-0.15, -0.1) is 0 Å². The van der Waals surface area contributed by atoms with Crippen molar-refractivity contribution >= 4 is 10.0 Å². The van der Waals surface area contributed by atoms with E-state index in [0.717, 1.165) is 5.56 Å². The van der Waals surface area contributed by atoms with Gasteiger partial charge in [0.1, 0.15) is 4.90 Å². The smallest absolute Gasteiger partial charge is 0.243 e. The lowest BCUT2D eigenvalue weighted by molar-refractivity contribution is 0.552. The zero-order valence-electron chi connectivity index (χ0n) is 11.7. The number of rotatable bonds is 7. The Morgan fingerprint density at radius 2 is 1.95 bits per heavy atom. The van der Waals surface area contributed by atoms with Crippen molar-refractivity contribution in [1.29, 1.82) is 0 Å². The summed E-state index contributed by atoms with van der Waals surface area (Å²) in [4.78, 5) is 0.203. The van der Waals surface area contributed by atoms with E-state index in [1.54, 1.807) is 15.6 Å². The number of aromatic nitrogens is 4. The van der Waals surface area contributed by atoms with E-state index in [1.165, 1.54) is 12.4 Å². The molecule has 0 fully saturated rings. The van der Waals surface area contributed by atoms with Crippen molar-refractivity contribution in [3.63, 3.8) is 0 Å². The second-order valence-corrected chi connectivity index (χ2v) is 6.33. The molecule has 0 saturated carbocycles. The summed E-state index contributed by atoms with van der Waals surface area (Å²) in [6.45, 7) is 5.58. The number of nitrogens with zero attached hydrogens (tertiary/aromatic N) is 4. The molecule has 0 aliphatic rings. The van der Waals surface area contributed by atoms with Crippen LogP contribution in [-0.2, 0) is 23.1 Å². The van der Waals surface area contributed by atoms with E-state index >= 15 is 0 Å². The first-order valence-electron chi connectivity index (χ1n) is 6.52. The molecule has 7 nitrogen and oxygen atoms in total. The molecule has 0 aliphatic heterocycles. The lowest BCUT2D eigenvalue weighted by Crippen LogP contribution is -2.25. The Balaban J connectivity index is 1.83.